The third kappa shape index (κ3) is 5.93. The molecule has 5 heterocycles. The molecule has 50 heavy (non-hydrogen) atoms. The molecule has 3 N–H and O–H groups in total. The van der Waals surface area contributed by atoms with Crippen LogP contribution >= 0.6 is 22.9 Å². The van der Waals surface area contributed by atoms with Crippen LogP contribution in [0.15, 0.2) is 12.1 Å². The second kappa shape index (κ2) is 13.6. The van der Waals surface area contributed by atoms with Crippen LogP contribution < -0.4 is 25.4 Å². The molecule has 0 aliphatic carbocycles. The highest BCUT2D eigenvalue weighted by Crippen LogP contribution is 2.51. The van der Waals surface area contributed by atoms with Crippen molar-refractivity contribution in [2.45, 2.75) is 76.8 Å². The number of thiophene rings is 1. The minimum Gasteiger partial charge on any atom is -0.489 e. The number of nitrogens with two attached hydrogens (primary N) is 1. The molecule has 0 radical (unpaired) electrons. The van der Waals surface area contributed by atoms with Gasteiger partial charge in [0.2, 0.25) is 5.91 Å². The molecule has 0 bridgehead atoms. The number of amides is 1. The fourth-order valence-electron chi connectivity index (χ4n) is 7.48. The van der Waals surface area contributed by atoms with E-state index in [1.165, 1.54) is 12.1 Å². The van der Waals surface area contributed by atoms with Crippen molar-refractivity contribution in [3.8, 4) is 29.0 Å². The summed E-state index contributed by atoms with van der Waals surface area (Å²) in [6.07, 6.45) is 1.93. The van der Waals surface area contributed by atoms with Crippen molar-refractivity contribution in [1.29, 1.82) is 5.26 Å². The van der Waals surface area contributed by atoms with E-state index in [1.54, 1.807) is 0 Å². The molecule has 15 heteroatoms. The van der Waals surface area contributed by atoms with Crippen molar-refractivity contribution < 1.29 is 27.8 Å². The van der Waals surface area contributed by atoms with E-state index in [9.17, 15) is 10.1 Å². The number of nitrogen functional groups attached to an aromatic ring is 1. The number of likely N-dealkylation sites (tertiary alicyclic amines) is 1. The lowest BCUT2D eigenvalue weighted by Crippen LogP contribution is -2.49. The van der Waals surface area contributed by atoms with E-state index < -0.39 is 17.7 Å². The number of aromatic nitrogens is 2. The summed E-state index contributed by atoms with van der Waals surface area (Å²) in [4.78, 5) is 26.8. The second-order valence-corrected chi connectivity index (χ2v) is 14.8. The van der Waals surface area contributed by atoms with Crippen LogP contribution in [-0.2, 0) is 9.53 Å². The van der Waals surface area contributed by atoms with Gasteiger partial charge in [-0.2, -0.15) is 15.2 Å². The summed E-state index contributed by atoms with van der Waals surface area (Å²) in [5.74, 6) is -1.06. The normalized spacial score (nSPS) is 21.7. The number of nitrogens with zero attached hydrogens (tertiary/aromatic N) is 5. The molecular formula is C35H38ClF2N7O4S. The van der Waals surface area contributed by atoms with E-state index in [4.69, 9.17) is 36.5 Å². The number of hydrogen-bond donors (Lipinski definition) is 2. The Labute approximate surface area is 297 Å². The number of likely N-dealkylation sites (N-methyl/N-ethyl adjacent to an activating group) is 1. The first-order valence-electron chi connectivity index (χ1n) is 16.8. The van der Waals surface area contributed by atoms with E-state index in [1.807, 2.05) is 38.8 Å². The fourth-order valence-corrected chi connectivity index (χ4v) is 8.76. The van der Waals surface area contributed by atoms with Crippen LogP contribution in [0.25, 0.3) is 32.1 Å². The smallest absolute Gasteiger partial charge is 0.319 e. The summed E-state index contributed by atoms with van der Waals surface area (Å²) in [5, 5.41) is 13.4. The molecule has 2 aromatic carbocycles. The molecule has 7 rings (SSSR count). The van der Waals surface area contributed by atoms with E-state index in [0.717, 1.165) is 30.7 Å². The molecule has 3 aliphatic rings. The van der Waals surface area contributed by atoms with E-state index in [2.05, 4.69) is 15.2 Å². The number of rotatable bonds is 7. The Balaban J connectivity index is 1.42. The largest absolute Gasteiger partial charge is 0.489 e. The molecule has 0 spiro atoms. The average molecular weight is 726 g/mol. The van der Waals surface area contributed by atoms with Crippen LogP contribution in [0.5, 0.6) is 11.8 Å². The van der Waals surface area contributed by atoms with Crippen molar-refractivity contribution in [3.63, 3.8) is 0 Å². The minimum absolute atomic E-state index is 0.0202. The highest BCUT2D eigenvalue weighted by Gasteiger charge is 2.38. The highest BCUT2D eigenvalue weighted by atomic mass is 35.5. The zero-order valence-corrected chi connectivity index (χ0v) is 29.8. The topological polar surface area (TPSA) is 139 Å². The second-order valence-electron chi connectivity index (χ2n) is 13.4. The predicted octanol–water partition coefficient (Wildman–Crippen LogP) is 6.03. The van der Waals surface area contributed by atoms with Gasteiger partial charge in [-0.25, -0.2) is 8.78 Å². The molecule has 2 saturated heterocycles. The zero-order chi connectivity index (χ0) is 35.4. The number of carbonyl (C=O) groups is 1. The monoisotopic (exact) mass is 725 g/mol. The lowest BCUT2D eigenvalue weighted by atomic mass is 9.96. The third-order valence-corrected chi connectivity index (χ3v) is 11.2. The molecule has 4 atom stereocenters. The van der Waals surface area contributed by atoms with Crippen LogP contribution in [0.2, 0.25) is 5.02 Å². The van der Waals surface area contributed by atoms with Gasteiger partial charge in [0.1, 0.15) is 47.0 Å². The Hall–Kier alpha value is -4.03. The Morgan fingerprint density at radius 1 is 1.20 bits per heavy atom. The van der Waals surface area contributed by atoms with Crippen molar-refractivity contribution >= 4 is 60.7 Å². The standard InChI is InChI=1S/C35H38ClF2N7O4S/c1-16(2)41-34(46)23-14-18(9-12-47-23)45-11-13-48-30-26-29(42-35(43-33(26)45)49-17(3)22-6-5-10-44(22)4)28(38)25(27(30)36)19-7-8-21(37)31-24(19)20(15-39)32(40)50-31/h7-8,16-18,22-23H,5-6,9-14,40H2,1-4H3,(H,41,46)/t17-,18?,22-,23?/m0/s1. The number of hydrogen-bond acceptors (Lipinski definition) is 11. The quantitative estimate of drug-likeness (QED) is 0.232. The first kappa shape index (κ1) is 34.4. The van der Waals surface area contributed by atoms with Gasteiger partial charge in [-0.3, -0.25) is 9.69 Å². The average Bonchev–Trinajstić information content (AvgIpc) is 3.61. The van der Waals surface area contributed by atoms with Crippen LogP contribution in [0, 0.1) is 23.0 Å². The summed E-state index contributed by atoms with van der Waals surface area (Å²) in [6, 6.07) is 4.46. The lowest BCUT2D eigenvalue weighted by molar-refractivity contribution is -0.136. The summed E-state index contributed by atoms with van der Waals surface area (Å²) in [6.45, 7) is 7.51. The summed E-state index contributed by atoms with van der Waals surface area (Å²) >= 11 is 7.98. The highest BCUT2D eigenvalue weighted by molar-refractivity contribution is 7.23. The van der Waals surface area contributed by atoms with E-state index in [-0.39, 0.29) is 96.2 Å². The number of nitriles is 1. The van der Waals surface area contributed by atoms with Crippen LogP contribution in [-0.4, -0.2) is 84.5 Å². The first-order chi connectivity index (χ1) is 24.0. The molecule has 2 unspecified atom stereocenters. The maximum Gasteiger partial charge on any atom is 0.319 e. The zero-order valence-electron chi connectivity index (χ0n) is 28.2. The van der Waals surface area contributed by atoms with E-state index >= 15 is 8.78 Å². The van der Waals surface area contributed by atoms with Gasteiger partial charge in [-0.1, -0.05) is 17.7 Å². The van der Waals surface area contributed by atoms with Crippen molar-refractivity contribution in [3.05, 3.63) is 34.4 Å². The van der Waals surface area contributed by atoms with Gasteiger partial charge >= 0.3 is 6.01 Å². The summed E-state index contributed by atoms with van der Waals surface area (Å²) in [7, 11) is 2.04. The number of carbonyl (C=O) groups excluding carboxylic acids is 1. The van der Waals surface area contributed by atoms with Crippen molar-refractivity contribution in [2.24, 2.45) is 0 Å². The van der Waals surface area contributed by atoms with Gasteiger partial charge in [0.15, 0.2) is 11.6 Å². The molecule has 1 amide bonds. The van der Waals surface area contributed by atoms with E-state index in [0.29, 0.717) is 31.8 Å². The van der Waals surface area contributed by atoms with Gasteiger partial charge in [0.05, 0.1) is 27.2 Å². The molecule has 2 fully saturated rings. The molecular weight excluding hydrogens is 688 g/mol. The van der Waals surface area contributed by atoms with Gasteiger partial charge in [-0.15, -0.1) is 11.3 Å². The van der Waals surface area contributed by atoms with Gasteiger partial charge in [-0.05, 0) is 65.3 Å². The molecule has 3 aliphatic heterocycles. The fraction of sp³-hybridized carbons (Fsp3) is 0.486. The number of halogens is 3. The van der Waals surface area contributed by atoms with Crippen LogP contribution in [0.4, 0.5) is 19.6 Å². The lowest BCUT2D eigenvalue weighted by Gasteiger charge is -2.37. The molecule has 0 saturated carbocycles. The van der Waals surface area contributed by atoms with Gasteiger partial charge in [0.25, 0.3) is 0 Å². The maximum absolute atomic E-state index is 17.3. The molecule has 11 nitrogen and oxygen atoms in total. The van der Waals surface area contributed by atoms with Gasteiger partial charge in [0, 0.05) is 42.1 Å². The minimum atomic E-state index is -0.805. The number of nitrogens with one attached hydrogen (secondary N) is 1. The Bertz CT molecular complexity index is 2040. The third-order valence-electron chi connectivity index (χ3n) is 9.82. The summed E-state index contributed by atoms with van der Waals surface area (Å²) in [5.41, 5.74) is 6.13. The molecule has 4 aromatic rings. The number of fused-ring (bicyclic) bond motifs is 1. The van der Waals surface area contributed by atoms with Crippen LogP contribution in [0.3, 0.4) is 0 Å². The Morgan fingerprint density at radius 3 is 2.72 bits per heavy atom. The van der Waals surface area contributed by atoms with Crippen LogP contribution in [0.1, 0.15) is 52.0 Å². The SMILES string of the molecule is CC(C)NC(=O)C1CC(N2CCOc3c(Cl)c(-c4ccc(F)c5sc(N)c(C#N)c45)c(F)c4nc(O[C@@H](C)[C@@H]5CCCN5C)nc2c34)CCO1. The molecule has 2 aromatic heterocycles. The number of anilines is 2. The number of benzene rings is 2. The van der Waals surface area contributed by atoms with Gasteiger partial charge < -0.3 is 30.2 Å². The molecule has 264 valence electrons. The number of ether oxygens (including phenoxy) is 3. The Kier molecular flexibility index (Phi) is 9.36. The maximum atomic E-state index is 17.3. The van der Waals surface area contributed by atoms with Crippen molar-refractivity contribution in [1.82, 2.24) is 20.2 Å². The summed E-state index contributed by atoms with van der Waals surface area (Å²) < 4.78 is 51.0. The first-order valence-corrected chi connectivity index (χ1v) is 18.0. The van der Waals surface area contributed by atoms with Crippen molar-refractivity contribution in [2.75, 3.05) is 44.0 Å². The predicted molar refractivity (Wildman–Crippen MR) is 189 cm³/mol. The Morgan fingerprint density at radius 2 is 2.00 bits per heavy atom.